The molecule has 0 saturated carbocycles. The first-order chi connectivity index (χ1) is 13.9. The molecule has 2 aliphatic rings. The van der Waals surface area contributed by atoms with E-state index >= 15 is 0 Å². The molecule has 2 aromatic carbocycles. The lowest BCUT2D eigenvalue weighted by atomic mass is 10.0. The van der Waals surface area contributed by atoms with Crippen molar-refractivity contribution in [3.63, 3.8) is 0 Å². The van der Waals surface area contributed by atoms with Gasteiger partial charge in [-0.3, -0.25) is 0 Å². The zero-order chi connectivity index (χ0) is 19.3. The Hall–Kier alpha value is -3.38. The second-order valence-corrected chi connectivity index (χ2v) is 6.62. The summed E-state index contributed by atoms with van der Waals surface area (Å²) in [7, 11) is 0. The van der Waals surface area contributed by atoms with E-state index in [0.717, 1.165) is 12.8 Å². The van der Waals surface area contributed by atoms with Crippen molar-refractivity contribution in [2.75, 3.05) is 0 Å². The van der Waals surface area contributed by atoms with Gasteiger partial charge < -0.3 is 0 Å². The average molecular weight is 363 g/mol. The first kappa shape index (κ1) is 19.4. The van der Waals surface area contributed by atoms with Crippen LogP contribution in [-0.4, -0.2) is 0 Å². The van der Waals surface area contributed by atoms with Crippen molar-refractivity contribution in [3.8, 4) is 0 Å². The molecular weight excluding hydrogens is 336 g/mol. The van der Waals surface area contributed by atoms with Crippen LogP contribution < -0.4 is 0 Å². The Morgan fingerprint density at radius 2 is 0.929 bits per heavy atom. The first-order valence-electron chi connectivity index (χ1n) is 9.74. The van der Waals surface area contributed by atoms with Gasteiger partial charge in [0.2, 0.25) is 0 Å². The molecule has 0 aliphatic heterocycles. The van der Waals surface area contributed by atoms with E-state index in [1.54, 1.807) is 0 Å². The highest BCUT2D eigenvalue weighted by molar-refractivity contribution is 5.69. The Morgan fingerprint density at radius 3 is 1.29 bits per heavy atom. The molecule has 2 aliphatic carbocycles. The average Bonchev–Trinajstić information content (AvgIpc) is 2.80. The Labute approximate surface area is 168 Å². The predicted octanol–water partition coefficient (Wildman–Crippen LogP) is 7.73. The highest BCUT2D eigenvalue weighted by Crippen LogP contribution is 2.14. The quantitative estimate of drug-likeness (QED) is 0.490. The van der Waals surface area contributed by atoms with Crippen molar-refractivity contribution in [2.45, 2.75) is 12.8 Å². The van der Waals surface area contributed by atoms with Gasteiger partial charge in [-0.2, -0.15) is 0 Å². The van der Waals surface area contributed by atoms with Crippen molar-refractivity contribution in [1.29, 1.82) is 0 Å². The summed E-state index contributed by atoms with van der Waals surface area (Å²) in [5.74, 6) is 0. The van der Waals surface area contributed by atoms with Gasteiger partial charge in [-0.25, -0.2) is 0 Å². The molecule has 0 fully saturated rings. The van der Waals surface area contributed by atoms with Crippen LogP contribution in [0.2, 0.25) is 0 Å². The van der Waals surface area contributed by atoms with Crippen LogP contribution in [0.25, 0.3) is 12.2 Å². The third-order valence-corrected chi connectivity index (χ3v) is 4.40. The summed E-state index contributed by atoms with van der Waals surface area (Å²) in [6.45, 7) is 0. The zero-order valence-electron chi connectivity index (χ0n) is 16.1. The number of allylic oxidation sites excluding steroid dienone is 12. The molecule has 0 radical (unpaired) electrons. The van der Waals surface area contributed by atoms with E-state index in [4.69, 9.17) is 0 Å². The van der Waals surface area contributed by atoms with Gasteiger partial charge in [0, 0.05) is 0 Å². The lowest BCUT2D eigenvalue weighted by Crippen LogP contribution is -1.82. The summed E-state index contributed by atoms with van der Waals surface area (Å²) < 4.78 is 0. The molecule has 0 saturated heterocycles. The van der Waals surface area contributed by atoms with Crippen molar-refractivity contribution in [3.05, 3.63) is 144 Å². The lowest BCUT2D eigenvalue weighted by Gasteiger charge is -2.02. The molecule has 0 spiro atoms. The molecular formula is C28H26. The summed E-state index contributed by atoms with van der Waals surface area (Å²) in [5, 5.41) is 0. The highest BCUT2D eigenvalue weighted by Gasteiger charge is 1.94. The van der Waals surface area contributed by atoms with Crippen molar-refractivity contribution < 1.29 is 0 Å². The maximum atomic E-state index is 2.21. The van der Waals surface area contributed by atoms with Crippen LogP contribution in [0.1, 0.15) is 24.0 Å². The smallest absolute Gasteiger partial charge is 0.00943 e. The van der Waals surface area contributed by atoms with Gasteiger partial charge in [0.1, 0.15) is 0 Å². The van der Waals surface area contributed by atoms with E-state index in [1.807, 2.05) is 36.4 Å². The minimum Gasteiger partial charge on any atom is -0.0801 e. The van der Waals surface area contributed by atoms with Crippen molar-refractivity contribution in [2.24, 2.45) is 0 Å². The summed E-state index contributed by atoms with van der Waals surface area (Å²) >= 11 is 0. The standard InChI is InChI=1S/C14H14.C14H12/c2*1-3-7-13(8-4-1)11-12-14-9-5-2-6-10-14/h1-7,9,11-12H,8,10H2;1-12H/b13-11-,14-12-;12-11-. The van der Waals surface area contributed by atoms with Gasteiger partial charge >= 0.3 is 0 Å². The van der Waals surface area contributed by atoms with Gasteiger partial charge in [0.15, 0.2) is 0 Å². The fourth-order valence-electron chi connectivity index (χ4n) is 2.84. The minimum atomic E-state index is 1.06. The second-order valence-electron chi connectivity index (χ2n) is 6.62. The minimum absolute atomic E-state index is 1.06. The van der Waals surface area contributed by atoms with Crippen LogP contribution in [0.5, 0.6) is 0 Å². The molecule has 0 aromatic heterocycles. The van der Waals surface area contributed by atoms with E-state index in [1.165, 1.54) is 22.3 Å². The first-order valence-corrected chi connectivity index (χ1v) is 9.74. The van der Waals surface area contributed by atoms with E-state index in [0.29, 0.717) is 0 Å². The van der Waals surface area contributed by atoms with E-state index < -0.39 is 0 Å². The van der Waals surface area contributed by atoms with E-state index in [9.17, 15) is 0 Å². The van der Waals surface area contributed by atoms with Crippen LogP contribution in [0.3, 0.4) is 0 Å². The molecule has 0 unspecified atom stereocenters. The van der Waals surface area contributed by atoms with Crippen LogP contribution in [0.15, 0.2) is 133 Å². The summed E-state index contributed by atoms with van der Waals surface area (Å²) in [6, 6.07) is 20.6. The van der Waals surface area contributed by atoms with E-state index in [2.05, 4.69) is 97.2 Å². The molecule has 0 nitrogen and oxygen atoms in total. The van der Waals surface area contributed by atoms with Crippen LogP contribution >= 0.6 is 0 Å². The molecule has 0 heterocycles. The Kier molecular flexibility index (Phi) is 7.86. The summed E-state index contributed by atoms with van der Waals surface area (Å²) in [4.78, 5) is 0. The summed E-state index contributed by atoms with van der Waals surface area (Å²) in [5.41, 5.74) is 5.22. The van der Waals surface area contributed by atoms with Crippen molar-refractivity contribution >= 4 is 12.2 Å². The summed E-state index contributed by atoms with van der Waals surface area (Å²) in [6.07, 6.45) is 27.8. The molecule has 0 amide bonds. The molecule has 138 valence electrons. The molecule has 2 aromatic rings. The molecule has 28 heavy (non-hydrogen) atoms. The lowest BCUT2D eigenvalue weighted by molar-refractivity contribution is 1.24. The van der Waals surface area contributed by atoms with Gasteiger partial charge in [0.05, 0.1) is 0 Å². The van der Waals surface area contributed by atoms with Gasteiger partial charge in [-0.05, 0) is 35.1 Å². The van der Waals surface area contributed by atoms with Crippen LogP contribution in [0.4, 0.5) is 0 Å². The Balaban J connectivity index is 0.000000161. The molecule has 0 bridgehead atoms. The zero-order valence-corrected chi connectivity index (χ0v) is 16.1. The number of hydrogen-bond donors (Lipinski definition) is 0. The fourth-order valence-corrected chi connectivity index (χ4v) is 2.84. The third kappa shape index (κ3) is 7.09. The SMILES string of the molecule is C(=C/c1ccccc1)/c1ccccc1.C1=CC/C(=C\C=C2\C=CC=CC2)C=C1. The maximum Gasteiger partial charge on any atom is -0.00943 e. The third-order valence-electron chi connectivity index (χ3n) is 4.40. The Bertz CT molecular complexity index is 851. The predicted molar refractivity (Wildman–Crippen MR) is 124 cm³/mol. The number of rotatable bonds is 3. The topological polar surface area (TPSA) is 0 Å². The number of hydrogen-bond acceptors (Lipinski definition) is 0. The molecule has 0 heteroatoms. The Morgan fingerprint density at radius 1 is 0.500 bits per heavy atom. The highest BCUT2D eigenvalue weighted by atomic mass is 14.0. The van der Waals surface area contributed by atoms with Gasteiger partial charge in [-0.15, -0.1) is 0 Å². The fraction of sp³-hybridized carbons (Fsp3) is 0.0714. The molecule has 0 atom stereocenters. The van der Waals surface area contributed by atoms with E-state index in [-0.39, 0.29) is 0 Å². The van der Waals surface area contributed by atoms with Crippen molar-refractivity contribution in [1.82, 2.24) is 0 Å². The van der Waals surface area contributed by atoms with Crippen LogP contribution in [-0.2, 0) is 0 Å². The molecule has 4 rings (SSSR count). The molecule has 0 N–H and O–H groups in total. The van der Waals surface area contributed by atoms with Gasteiger partial charge in [0.25, 0.3) is 0 Å². The largest absolute Gasteiger partial charge is 0.0801 e. The monoisotopic (exact) mass is 362 g/mol. The maximum absolute atomic E-state index is 2.21. The van der Waals surface area contributed by atoms with Crippen LogP contribution in [0, 0.1) is 0 Å². The number of benzene rings is 2. The second kappa shape index (κ2) is 11.4. The normalized spacial score (nSPS) is 17.9. The van der Waals surface area contributed by atoms with Gasteiger partial charge in [-0.1, -0.05) is 134 Å².